The highest BCUT2D eigenvalue weighted by Crippen LogP contribution is 2.38. The summed E-state index contributed by atoms with van der Waals surface area (Å²) in [6.45, 7) is 2.84. The zero-order valence-corrected chi connectivity index (χ0v) is 11.0. The van der Waals surface area contributed by atoms with Crippen molar-refractivity contribution < 1.29 is 4.74 Å². The molecule has 0 bridgehead atoms. The molecule has 3 N–H and O–H groups in total. The number of nitrogens with zero attached hydrogens (tertiary/aromatic N) is 2. The van der Waals surface area contributed by atoms with Crippen molar-refractivity contribution in [2.24, 2.45) is 12.9 Å². The average molecular weight is 259 g/mol. The molecule has 96 valence electrons. The van der Waals surface area contributed by atoms with Gasteiger partial charge in [-0.05, 0) is 26.2 Å². The van der Waals surface area contributed by atoms with Crippen molar-refractivity contribution in [3.05, 3.63) is 16.9 Å². The standard InChI is InChI=1S/C11H19ClN4O/c1-11(5-3-4-6-17-11)10(15-13)9-8(12)7-14-16(9)2/h7,10,15H,3-6,13H2,1-2H3. The van der Waals surface area contributed by atoms with Crippen molar-refractivity contribution in [1.29, 1.82) is 0 Å². The molecule has 0 spiro atoms. The van der Waals surface area contributed by atoms with Gasteiger partial charge in [-0.25, -0.2) is 5.43 Å². The summed E-state index contributed by atoms with van der Waals surface area (Å²) in [7, 11) is 1.86. The molecule has 1 aromatic heterocycles. The fourth-order valence-electron chi connectivity index (χ4n) is 2.47. The lowest BCUT2D eigenvalue weighted by Crippen LogP contribution is -2.49. The number of hydrogen-bond donors (Lipinski definition) is 2. The van der Waals surface area contributed by atoms with Gasteiger partial charge in [-0.15, -0.1) is 0 Å². The molecule has 0 radical (unpaired) electrons. The molecule has 2 unspecified atom stereocenters. The predicted molar refractivity (Wildman–Crippen MR) is 66.5 cm³/mol. The van der Waals surface area contributed by atoms with Crippen LogP contribution in [0.5, 0.6) is 0 Å². The van der Waals surface area contributed by atoms with Gasteiger partial charge in [0.1, 0.15) is 0 Å². The van der Waals surface area contributed by atoms with Crippen LogP contribution in [-0.2, 0) is 11.8 Å². The number of aromatic nitrogens is 2. The molecule has 0 saturated carbocycles. The van der Waals surface area contributed by atoms with Crippen LogP contribution in [0.4, 0.5) is 0 Å². The summed E-state index contributed by atoms with van der Waals surface area (Å²) in [5, 5.41) is 4.76. The van der Waals surface area contributed by atoms with Crippen LogP contribution in [0.1, 0.15) is 37.9 Å². The molecular weight excluding hydrogens is 240 g/mol. The minimum absolute atomic E-state index is 0.150. The molecule has 0 aromatic carbocycles. The Bertz CT molecular complexity index is 367. The topological polar surface area (TPSA) is 65.1 Å². The van der Waals surface area contributed by atoms with Gasteiger partial charge >= 0.3 is 0 Å². The van der Waals surface area contributed by atoms with Crippen molar-refractivity contribution in [3.8, 4) is 0 Å². The van der Waals surface area contributed by atoms with Crippen LogP contribution >= 0.6 is 11.6 Å². The van der Waals surface area contributed by atoms with Gasteiger partial charge in [0.25, 0.3) is 0 Å². The molecule has 2 heterocycles. The monoisotopic (exact) mass is 258 g/mol. The maximum absolute atomic E-state index is 6.17. The number of rotatable bonds is 3. The molecule has 1 aromatic rings. The van der Waals surface area contributed by atoms with Crippen LogP contribution in [0.15, 0.2) is 6.20 Å². The second-order valence-corrected chi connectivity index (χ2v) is 5.13. The third kappa shape index (κ3) is 2.33. The molecule has 17 heavy (non-hydrogen) atoms. The molecule has 2 atom stereocenters. The van der Waals surface area contributed by atoms with E-state index in [1.165, 1.54) is 0 Å². The van der Waals surface area contributed by atoms with Crippen LogP contribution in [0.25, 0.3) is 0 Å². The second kappa shape index (κ2) is 4.94. The van der Waals surface area contributed by atoms with Gasteiger partial charge in [-0.2, -0.15) is 5.10 Å². The van der Waals surface area contributed by atoms with Gasteiger partial charge in [-0.3, -0.25) is 10.5 Å². The van der Waals surface area contributed by atoms with Crippen molar-refractivity contribution >= 4 is 11.6 Å². The van der Waals surface area contributed by atoms with Crippen molar-refractivity contribution in [1.82, 2.24) is 15.2 Å². The van der Waals surface area contributed by atoms with E-state index in [0.29, 0.717) is 5.02 Å². The number of ether oxygens (including phenoxy) is 1. The fourth-order valence-corrected chi connectivity index (χ4v) is 2.75. The molecule has 1 fully saturated rings. The highest BCUT2D eigenvalue weighted by atomic mass is 35.5. The van der Waals surface area contributed by atoms with Crippen LogP contribution in [0.3, 0.4) is 0 Å². The van der Waals surface area contributed by atoms with E-state index in [1.807, 2.05) is 7.05 Å². The molecule has 1 saturated heterocycles. The quantitative estimate of drug-likeness (QED) is 0.638. The minimum atomic E-state index is -0.329. The number of nitrogens with one attached hydrogen (secondary N) is 1. The van der Waals surface area contributed by atoms with Gasteiger partial charge in [0, 0.05) is 13.7 Å². The van der Waals surface area contributed by atoms with Crippen molar-refractivity contribution in [3.63, 3.8) is 0 Å². The van der Waals surface area contributed by atoms with Gasteiger partial charge in [0.2, 0.25) is 0 Å². The fraction of sp³-hybridized carbons (Fsp3) is 0.727. The Morgan fingerprint density at radius 1 is 1.65 bits per heavy atom. The van der Waals surface area contributed by atoms with E-state index in [9.17, 15) is 0 Å². The summed E-state index contributed by atoms with van der Waals surface area (Å²) in [6.07, 6.45) is 4.84. The molecule has 0 amide bonds. The lowest BCUT2D eigenvalue weighted by Gasteiger charge is -2.40. The van der Waals surface area contributed by atoms with Crippen LogP contribution < -0.4 is 11.3 Å². The molecular formula is C11H19ClN4O. The minimum Gasteiger partial charge on any atom is -0.373 e. The zero-order chi connectivity index (χ0) is 12.5. The lowest BCUT2D eigenvalue weighted by atomic mass is 9.86. The molecule has 1 aliphatic heterocycles. The first-order valence-corrected chi connectivity index (χ1v) is 6.24. The molecule has 2 rings (SSSR count). The Kier molecular flexibility index (Phi) is 3.73. The summed E-state index contributed by atoms with van der Waals surface area (Å²) in [5.74, 6) is 5.69. The van der Waals surface area contributed by atoms with Crippen molar-refractivity contribution in [2.45, 2.75) is 37.8 Å². The SMILES string of the molecule is Cn1ncc(Cl)c1C(NN)C1(C)CCCCO1. The Labute approximate surface area is 106 Å². The van der Waals surface area contributed by atoms with E-state index in [0.717, 1.165) is 31.6 Å². The number of hydrazine groups is 1. The number of halogens is 1. The summed E-state index contributed by atoms with van der Waals surface area (Å²) in [5.41, 5.74) is 3.37. The first-order chi connectivity index (χ1) is 8.08. The van der Waals surface area contributed by atoms with Gasteiger partial charge in [-0.1, -0.05) is 11.6 Å². The first kappa shape index (κ1) is 12.8. The maximum Gasteiger partial charge on any atom is 0.0930 e. The lowest BCUT2D eigenvalue weighted by molar-refractivity contribution is -0.0913. The predicted octanol–water partition coefficient (Wildman–Crippen LogP) is 1.54. The number of nitrogens with two attached hydrogens (primary N) is 1. The smallest absolute Gasteiger partial charge is 0.0930 e. The maximum atomic E-state index is 6.17. The summed E-state index contributed by atoms with van der Waals surface area (Å²) < 4.78 is 7.66. The molecule has 1 aliphatic rings. The molecule has 5 nitrogen and oxygen atoms in total. The molecule has 6 heteroatoms. The highest BCUT2D eigenvalue weighted by molar-refractivity contribution is 6.31. The summed E-state index contributed by atoms with van der Waals surface area (Å²) in [6, 6.07) is -0.150. The number of hydrogen-bond acceptors (Lipinski definition) is 4. The van der Waals surface area contributed by atoms with Crippen molar-refractivity contribution in [2.75, 3.05) is 6.61 Å². The summed E-state index contributed by atoms with van der Waals surface area (Å²) in [4.78, 5) is 0. The van der Waals surface area contributed by atoms with E-state index < -0.39 is 0 Å². The first-order valence-electron chi connectivity index (χ1n) is 5.86. The van der Waals surface area contributed by atoms with E-state index in [2.05, 4.69) is 17.4 Å². The largest absolute Gasteiger partial charge is 0.373 e. The Hall–Kier alpha value is -0.620. The van der Waals surface area contributed by atoms with Crippen LogP contribution in [0.2, 0.25) is 5.02 Å². The molecule has 0 aliphatic carbocycles. The Balaban J connectivity index is 2.32. The van der Waals surface area contributed by atoms with Crippen LogP contribution in [-0.4, -0.2) is 22.0 Å². The third-order valence-corrected chi connectivity index (χ3v) is 3.78. The third-order valence-electron chi connectivity index (χ3n) is 3.49. The van der Waals surface area contributed by atoms with Gasteiger partial charge in [0.15, 0.2) is 0 Å². The highest BCUT2D eigenvalue weighted by Gasteiger charge is 2.39. The second-order valence-electron chi connectivity index (χ2n) is 4.72. The van der Waals surface area contributed by atoms with Gasteiger partial charge < -0.3 is 4.74 Å². The Morgan fingerprint density at radius 3 is 2.88 bits per heavy atom. The van der Waals surface area contributed by atoms with Crippen LogP contribution in [0, 0.1) is 0 Å². The van der Waals surface area contributed by atoms with E-state index in [4.69, 9.17) is 22.2 Å². The Morgan fingerprint density at radius 2 is 2.41 bits per heavy atom. The number of aryl methyl sites for hydroxylation is 1. The summed E-state index contributed by atoms with van der Waals surface area (Å²) >= 11 is 6.17. The van der Waals surface area contributed by atoms with Gasteiger partial charge in [0.05, 0.1) is 28.6 Å². The zero-order valence-electron chi connectivity index (χ0n) is 10.2. The van der Waals surface area contributed by atoms with E-state index in [1.54, 1.807) is 10.9 Å². The normalized spacial score (nSPS) is 27.1. The van der Waals surface area contributed by atoms with E-state index >= 15 is 0 Å². The van der Waals surface area contributed by atoms with E-state index in [-0.39, 0.29) is 11.6 Å². The average Bonchev–Trinajstić information content (AvgIpc) is 2.63.